The first-order chi connectivity index (χ1) is 11.0. The van der Waals surface area contributed by atoms with Crippen LogP contribution in [0.15, 0.2) is 41.3 Å². The van der Waals surface area contributed by atoms with E-state index in [4.69, 9.17) is 4.74 Å². The van der Waals surface area contributed by atoms with Gasteiger partial charge in [-0.25, -0.2) is 0 Å². The molecule has 1 heterocycles. The number of aromatic nitrogens is 1. The van der Waals surface area contributed by atoms with E-state index in [0.29, 0.717) is 18.8 Å². The lowest BCUT2D eigenvalue weighted by atomic mass is 10.1. The predicted molar refractivity (Wildman–Crippen MR) is 91.0 cm³/mol. The number of anilines is 1. The van der Waals surface area contributed by atoms with Crippen LogP contribution in [-0.4, -0.2) is 17.1 Å². The molecule has 1 amide bonds. The molecule has 0 radical (unpaired) electrons. The van der Waals surface area contributed by atoms with Crippen molar-refractivity contribution in [1.29, 1.82) is 0 Å². The Bertz CT molecular complexity index is 750. The van der Waals surface area contributed by atoms with Crippen molar-refractivity contribution in [1.82, 2.24) is 4.57 Å². The molecule has 2 rings (SSSR count). The molecule has 23 heavy (non-hydrogen) atoms. The Balaban J connectivity index is 1.88. The largest absolute Gasteiger partial charge is 0.493 e. The van der Waals surface area contributed by atoms with Gasteiger partial charge < -0.3 is 14.6 Å². The number of rotatable bonds is 6. The molecule has 0 unspecified atom stereocenters. The minimum atomic E-state index is -0.142. The van der Waals surface area contributed by atoms with Crippen LogP contribution in [0.2, 0.25) is 0 Å². The van der Waals surface area contributed by atoms with Crippen molar-refractivity contribution in [2.75, 3.05) is 11.9 Å². The first-order valence-electron chi connectivity index (χ1n) is 7.70. The second-order valence-corrected chi connectivity index (χ2v) is 5.39. The van der Waals surface area contributed by atoms with Crippen molar-refractivity contribution in [2.45, 2.75) is 33.7 Å². The number of nitrogens with zero attached hydrogens (tertiary/aromatic N) is 1. The highest BCUT2D eigenvalue weighted by Crippen LogP contribution is 2.20. The van der Waals surface area contributed by atoms with Gasteiger partial charge in [0.15, 0.2) is 0 Å². The molecule has 0 aliphatic heterocycles. The van der Waals surface area contributed by atoms with E-state index in [0.717, 1.165) is 16.9 Å². The lowest BCUT2D eigenvalue weighted by molar-refractivity contribution is -0.116. The summed E-state index contributed by atoms with van der Waals surface area (Å²) < 4.78 is 7.22. The van der Waals surface area contributed by atoms with E-state index < -0.39 is 0 Å². The lowest BCUT2D eigenvalue weighted by Gasteiger charge is -2.11. The third-order valence-corrected chi connectivity index (χ3v) is 3.75. The Hall–Kier alpha value is -2.56. The van der Waals surface area contributed by atoms with Crippen molar-refractivity contribution < 1.29 is 9.53 Å². The van der Waals surface area contributed by atoms with E-state index in [1.165, 1.54) is 6.07 Å². The number of nitrogens with one attached hydrogen (secondary N) is 1. The third kappa shape index (κ3) is 4.45. The quantitative estimate of drug-likeness (QED) is 0.892. The van der Waals surface area contributed by atoms with Crippen molar-refractivity contribution in [2.24, 2.45) is 0 Å². The molecule has 0 fully saturated rings. The summed E-state index contributed by atoms with van der Waals surface area (Å²) in [6.45, 7) is 6.78. The first-order valence-corrected chi connectivity index (χ1v) is 7.70. The van der Waals surface area contributed by atoms with Gasteiger partial charge in [-0.1, -0.05) is 12.1 Å². The Morgan fingerprint density at radius 2 is 2.00 bits per heavy atom. The molecule has 0 saturated heterocycles. The minimum absolute atomic E-state index is 0.0799. The predicted octanol–water partition coefficient (Wildman–Crippen LogP) is 2.89. The fraction of sp³-hybridized carbons (Fsp3) is 0.333. The van der Waals surface area contributed by atoms with Crippen LogP contribution < -0.4 is 15.6 Å². The normalized spacial score (nSPS) is 10.4. The molecular formula is C18H22N2O3. The van der Waals surface area contributed by atoms with Gasteiger partial charge >= 0.3 is 0 Å². The third-order valence-electron chi connectivity index (χ3n) is 3.75. The van der Waals surface area contributed by atoms with Crippen LogP contribution in [-0.2, 0) is 11.3 Å². The highest BCUT2D eigenvalue weighted by molar-refractivity contribution is 5.90. The van der Waals surface area contributed by atoms with Gasteiger partial charge in [0, 0.05) is 18.8 Å². The lowest BCUT2D eigenvalue weighted by Crippen LogP contribution is -2.20. The van der Waals surface area contributed by atoms with E-state index in [2.05, 4.69) is 5.32 Å². The molecule has 5 heteroatoms. The second-order valence-electron chi connectivity index (χ2n) is 5.39. The van der Waals surface area contributed by atoms with Crippen molar-refractivity contribution in [3.05, 3.63) is 58.0 Å². The van der Waals surface area contributed by atoms with Crippen LogP contribution in [0.5, 0.6) is 5.75 Å². The molecule has 0 bridgehead atoms. The maximum absolute atomic E-state index is 12.0. The molecule has 0 aliphatic carbocycles. The number of hydrogen-bond donors (Lipinski definition) is 1. The number of hydrogen-bond acceptors (Lipinski definition) is 3. The number of carbonyl (C=O) groups is 1. The van der Waals surface area contributed by atoms with Gasteiger partial charge in [0.1, 0.15) is 5.75 Å². The van der Waals surface area contributed by atoms with Gasteiger partial charge in [0.05, 0.1) is 18.7 Å². The summed E-state index contributed by atoms with van der Waals surface area (Å²) in [6.07, 6.45) is 1.89. The molecular weight excluding hydrogens is 292 g/mol. The highest BCUT2D eigenvalue weighted by Gasteiger charge is 2.06. The number of pyridine rings is 1. The zero-order chi connectivity index (χ0) is 16.8. The van der Waals surface area contributed by atoms with Crippen LogP contribution in [0.25, 0.3) is 0 Å². The topological polar surface area (TPSA) is 60.3 Å². The fourth-order valence-electron chi connectivity index (χ4n) is 2.21. The summed E-state index contributed by atoms with van der Waals surface area (Å²) in [5.41, 5.74) is 2.78. The first kappa shape index (κ1) is 16.8. The van der Waals surface area contributed by atoms with Crippen LogP contribution >= 0.6 is 0 Å². The van der Waals surface area contributed by atoms with Crippen molar-refractivity contribution in [3.63, 3.8) is 0 Å². The number of benzene rings is 1. The molecule has 1 aromatic heterocycles. The molecule has 0 aliphatic rings. The Labute approximate surface area is 135 Å². The zero-order valence-electron chi connectivity index (χ0n) is 13.8. The van der Waals surface area contributed by atoms with E-state index in [-0.39, 0.29) is 17.9 Å². The zero-order valence-corrected chi connectivity index (χ0v) is 13.8. The Kier molecular flexibility index (Phi) is 5.57. The molecule has 1 N–H and O–H groups in total. The Morgan fingerprint density at radius 3 is 2.74 bits per heavy atom. The van der Waals surface area contributed by atoms with Crippen LogP contribution in [0.3, 0.4) is 0 Å². The van der Waals surface area contributed by atoms with Crippen molar-refractivity contribution in [3.8, 4) is 5.75 Å². The number of amides is 1. The summed E-state index contributed by atoms with van der Waals surface area (Å²) >= 11 is 0. The minimum Gasteiger partial charge on any atom is -0.493 e. The average molecular weight is 314 g/mol. The second kappa shape index (κ2) is 7.63. The number of ether oxygens (including phenoxy) is 1. The average Bonchev–Trinajstić information content (AvgIpc) is 2.53. The summed E-state index contributed by atoms with van der Waals surface area (Å²) in [7, 11) is 0. The fourth-order valence-corrected chi connectivity index (χ4v) is 2.21. The van der Waals surface area contributed by atoms with Crippen LogP contribution in [0.1, 0.15) is 24.5 Å². The van der Waals surface area contributed by atoms with E-state index in [1.807, 2.05) is 39.0 Å². The monoisotopic (exact) mass is 314 g/mol. The van der Waals surface area contributed by atoms with E-state index in [1.54, 1.807) is 16.8 Å². The van der Waals surface area contributed by atoms with Crippen molar-refractivity contribution >= 4 is 11.6 Å². The number of carbonyl (C=O) groups excluding carboxylic acids is 1. The summed E-state index contributed by atoms with van der Waals surface area (Å²) in [5.74, 6) is 0.661. The van der Waals surface area contributed by atoms with Gasteiger partial charge in [0.2, 0.25) is 5.91 Å². The molecule has 122 valence electrons. The standard InChI is InChI=1S/C18H22N2O3/c1-4-20-12-15(8-9-18(20)22)19-17(21)10-11-23-16-7-5-6-13(2)14(16)3/h5-9,12H,4,10-11H2,1-3H3,(H,19,21). The SMILES string of the molecule is CCn1cc(NC(=O)CCOc2cccc(C)c2C)ccc1=O. The van der Waals surface area contributed by atoms with Crippen LogP contribution in [0, 0.1) is 13.8 Å². The summed E-state index contributed by atoms with van der Waals surface area (Å²) in [6, 6.07) is 8.92. The van der Waals surface area contributed by atoms with Gasteiger partial charge in [-0.2, -0.15) is 0 Å². The Morgan fingerprint density at radius 1 is 1.22 bits per heavy atom. The molecule has 0 atom stereocenters. The van der Waals surface area contributed by atoms with Gasteiger partial charge in [-0.3, -0.25) is 9.59 Å². The maximum atomic E-state index is 12.0. The summed E-state index contributed by atoms with van der Waals surface area (Å²) in [5, 5.41) is 2.78. The van der Waals surface area contributed by atoms with Crippen LogP contribution in [0.4, 0.5) is 5.69 Å². The molecule has 0 saturated carbocycles. The molecule has 5 nitrogen and oxygen atoms in total. The summed E-state index contributed by atoms with van der Waals surface area (Å²) in [4.78, 5) is 23.5. The van der Waals surface area contributed by atoms with E-state index >= 15 is 0 Å². The molecule has 1 aromatic carbocycles. The van der Waals surface area contributed by atoms with Gasteiger partial charge in [-0.15, -0.1) is 0 Å². The van der Waals surface area contributed by atoms with E-state index in [9.17, 15) is 9.59 Å². The molecule has 0 spiro atoms. The molecule has 2 aromatic rings. The number of aryl methyl sites for hydroxylation is 2. The highest BCUT2D eigenvalue weighted by atomic mass is 16.5. The smallest absolute Gasteiger partial charge is 0.250 e. The van der Waals surface area contributed by atoms with Gasteiger partial charge in [-0.05, 0) is 44.0 Å². The van der Waals surface area contributed by atoms with Gasteiger partial charge in [0.25, 0.3) is 5.56 Å². The maximum Gasteiger partial charge on any atom is 0.250 e.